The zero-order valence-electron chi connectivity index (χ0n) is 4.96. The van der Waals surface area contributed by atoms with Crippen molar-refractivity contribution in [2.45, 2.75) is 5.75 Å². The normalized spacial score (nSPS) is 10.0. The Morgan fingerprint density at radius 2 is 2.50 bits per heavy atom. The summed E-state index contributed by atoms with van der Waals surface area (Å²) in [6.45, 7) is 0. The quantitative estimate of drug-likeness (QED) is 0.592. The van der Waals surface area contributed by atoms with Gasteiger partial charge in [0.05, 0.1) is 0 Å². The lowest BCUT2D eigenvalue weighted by Crippen LogP contribution is -1.95. The first-order valence-corrected chi connectivity index (χ1v) is 3.51. The fraction of sp³-hybridized carbons (Fsp3) is 0.250. The van der Waals surface area contributed by atoms with Crippen LogP contribution in [0.25, 0.3) is 0 Å². The zero-order valence-corrected chi connectivity index (χ0v) is 5.77. The van der Waals surface area contributed by atoms with Gasteiger partial charge >= 0.3 is 11.7 Å². The maximum Gasteiger partial charge on any atom is 0.419 e. The summed E-state index contributed by atoms with van der Waals surface area (Å²) in [4.78, 5) is 12.6. The number of H-pyrrole nitrogens is 1. The van der Waals surface area contributed by atoms with Crippen molar-refractivity contribution >= 4 is 18.7 Å². The van der Waals surface area contributed by atoms with Crippen molar-refractivity contribution in [1.82, 2.24) is 4.98 Å². The van der Waals surface area contributed by atoms with Gasteiger partial charge in [-0.05, 0) is 0 Å². The van der Waals surface area contributed by atoms with Crippen LogP contribution < -0.4 is 5.76 Å². The Morgan fingerprint density at radius 3 is 2.90 bits per heavy atom. The van der Waals surface area contributed by atoms with Crippen molar-refractivity contribution in [3.63, 3.8) is 0 Å². The van der Waals surface area contributed by atoms with Crippen molar-refractivity contribution in [2.75, 3.05) is 0 Å². The molecule has 0 saturated heterocycles. The van der Waals surface area contributed by atoms with Crippen LogP contribution >= 0.6 is 11.6 Å². The van der Waals surface area contributed by atoms with Crippen LogP contribution in [0.4, 0.5) is 0 Å². The van der Waals surface area contributed by atoms with Gasteiger partial charge in [-0.15, -0.1) is 0 Å². The van der Waals surface area contributed by atoms with Crippen LogP contribution in [0.15, 0.2) is 9.21 Å². The third-order valence-electron chi connectivity index (χ3n) is 0.928. The van der Waals surface area contributed by atoms with Gasteiger partial charge in [-0.1, -0.05) is 0 Å². The molecule has 0 aromatic carbocycles. The van der Waals surface area contributed by atoms with Gasteiger partial charge in [0.15, 0.2) is 7.12 Å². The van der Waals surface area contributed by atoms with Crippen molar-refractivity contribution < 1.29 is 9.52 Å². The molecule has 0 aliphatic rings. The number of hydrogen-bond acceptors (Lipinski definition) is 4. The molecule has 1 aromatic rings. The van der Waals surface area contributed by atoms with E-state index in [9.17, 15) is 4.79 Å². The average molecular weight is 157 g/mol. The van der Waals surface area contributed by atoms with Crippen LogP contribution in [0.2, 0.25) is 0 Å². The second-order valence-corrected chi connectivity index (χ2v) is 2.23. The third kappa shape index (κ3) is 1.38. The minimum absolute atomic E-state index is 0.317. The number of hydrogen-bond donors (Lipinski definition) is 2. The van der Waals surface area contributed by atoms with Crippen molar-refractivity contribution in [3.05, 3.63) is 16.2 Å². The van der Waals surface area contributed by atoms with Crippen LogP contribution in [-0.2, 0) is 5.75 Å². The molecule has 2 N–H and O–H groups in total. The van der Waals surface area contributed by atoms with Crippen molar-refractivity contribution in [1.29, 1.82) is 0 Å². The second kappa shape index (κ2) is 2.87. The number of nitrogens with one attached hydrogen (secondary N) is 1. The third-order valence-corrected chi connectivity index (χ3v) is 1.38. The first-order valence-electron chi connectivity index (χ1n) is 2.46. The standard InChI is InChI=1S/C4H4BNO3S/c5-10-1-2-3(7)9-4(8)6-2/h7H,1H2,(H,6,8). The second-order valence-electron chi connectivity index (χ2n) is 1.61. The summed E-state index contributed by atoms with van der Waals surface area (Å²) in [6, 6.07) is 0. The van der Waals surface area contributed by atoms with Gasteiger partial charge in [0, 0.05) is 5.75 Å². The molecular weight excluding hydrogens is 153 g/mol. The summed E-state index contributed by atoms with van der Waals surface area (Å²) in [6.07, 6.45) is 0. The molecule has 1 heterocycles. The predicted octanol–water partition coefficient (Wildman–Crippen LogP) is -0.00980. The molecule has 0 spiro atoms. The fourth-order valence-corrected chi connectivity index (χ4v) is 0.895. The van der Waals surface area contributed by atoms with E-state index in [-0.39, 0.29) is 5.95 Å². The number of aromatic nitrogens is 1. The van der Waals surface area contributed by atoms with Crippen LogP contribution in [-0.4, -0.2) is 17.2 Å². The van der Waals surface area contributed by atoms with Gasteiger partial charge in [0.2, 0.25) is 0 Å². The Hall–Kier alpha value is -0.775. The van der Waals surface area contributed by atoms with Gasteiger partial charge in [-0.3, -0.25) is 4.98 Å². The van der Waals surface area contributed by atoms with Crippen LogP contribution in [0.5, 0.6) is 5.95 Å². The lowest BCUT2D eigenvalue weighted by molar-refractivity contribution is 0.317. The summed E-state index contributed by atoms with van der Waals surface area (Å²) in [5, 5.41) is 8.80. The molecule has 0 aliphatic heterocycles. The smallest absolute Gasteiger partial charge is 0.419 e. The van der Waals surface area contributed by atoms with Crippen LogP contribution in [0.1, 0.15) is 5.69 Å². The van der Waals surface area contributed by atoms with E-state index < -0.39 is 5.76 Å². The topological polar surface area (TPSA) is 66.2 Å². The van der Waals surface area contributed by atoms with E-state index in [0.29, 0.717) is 11.4 Å². The highest BCUT2D eigenvalue weighted by Gasteiger charge is 2.05. The Morgan fingerprint density at radius 1 is 1.80 bits per heavy atom. The summed E-state index contributed by atoms with van der Waals surface area (Å²) in [7, 11) is 5.08. The van der Waals surface area contributed by atoms with E-state index in [4.69, 9.17) is 12.2 Å². The molecule has 10 heavy (non-hydrogen) atoms. The molecular formula is C4H4BNO3S. The molecule has 6 heteroatoms. The lowest BCUT2D eigenvalue weighted by Gasteiger charge is -1.89. The molecule has 2 radical (unpaired) electrons. The summed E-state index contributed by atoms with van der Waals surface area (Å²) < 4.78 is 4.24. The summed E-state index contributed by atoms with van der Waals surface area (Å²) in [5.41, 5.74) is 0.317. The highest BCUT2D eigenvalue weighted by Crippen LogP contribution is 2.15. The van der Waals surface area contributed by atoms with Crippen molar-refractivity contribution in [2.24, 2.45) is 0 Å². The number of rotatable bonds is 2. The average Bonchev–Trinajstić information content (AvgIpc) is 2.13. The van der Waals surface area contributed by atoms with Gasteiger partial charge in [0.1, 0.15) is 5.69 Å². The molecule has 0 bridgehead atoms. The van der Waals surface area contributed by atoms with Crippen molar-refractivity contribution in [3.8, 4) is 5.95 Å². The Labute approximate surface area is 61.9 Å². The maximum absolute atomic E-state index is 10.4. The predicted molar refractivity (Wildman–Crippen MR) is 38.0 cm³/mol. The Kier molecular flexibility index (Phi) is 2.11. The molecule has 0 unspecified atom stereocenters. The molecule has 0 fully saturated rings. The SMILES string of the molecule is [B]SCc1[nH]c(=O)oc1O. The van der Waals surface area contributed by atoms with Gasteiger partial charge in [-0.2, -0.15) is 0 Å². The molecule has 0 amide bonds. The van der Waals surface area contributed by atoms with E-state index in [1.165, 1.54) is 0 Å². The zero-order chi connectivity index (χ0) is 7.56. The van der Waals surface area contributed by atoms with Crippen LogP contribution in [0, 0.1) is 0 Å². The van der Waals surface area contributed by atoms with E-state index in [1.54, 1.807) is 0 Å². The number of oxazole rings is 1. The molecule has 0 saturated carbocycles. The van der Waals surface area contributed by atoms with E-state index in [2.05, 4.69) is 9.40 Å². The highest BCUT2D eigenvalue weighted by atomic mass is 32.2. The Bertz CT molecular complexity index is 268. The highest BCUT2D eigenvalue weighted by molar-refractivity contribution is 8.19. The van der Waals surface area contributed by atoms with E-state index in [0.717, 1.165) is 11.6 Å². The minimum atomic E-state index is -0.665. The summed E-state index contributed by atoms with van der Waals surface area (Å²) >= 11 is 0.992. The minimum Gasteiger partial charge on any atom is -0.479 e. The van der Waals surface area contributed by atoms with E-state index >= 15 is 0 Å². The van der Waals surface area contributed by atoms with Gasteiger partial charge < -0.3 is 9.52 Å². The first-order chi connectivity index (χ1) is 4.74. The fourth-order valence-electron chi connectivity index (χ4n) is 0.533. The van der Waals surface area contributed by atoms with Gasteiger partial charge in [0.25, 0.3) is 0 Å². The molecule has 0 atom stereocenters. The first kappa shape index (κ1) is 7.33. The Balaban J connectivity index is 2.92. The monoisotopic (exact) mass is 157 g/mol. The molecule has 4 nitrogen and oxygen atoms in total. The lowest BCUT2D eigenvalue weighted by atomic mass is 10.5. The number of aromatic amines is 1. The maximum atomic E-state index is 10.4. The van der Waals surface area contributed by atoms with E-state index in [1.807, 2.05) is 0 Å². The summed E-state index contributed by atoms with van der Waals surface area (Å²) in [5.74, 6) is -0.720. The number of aromatic hydroxyl groups is 1. The molecule has 1 aromatic heterocycles. The molecule has 1 rings (SSSR count). The van der Waals surface area contributed by atoms with Crippen LogP contribution in [0.3, 0.4) is 0 Å². The molecule has 0 aliphatic carbocycles. The molecule has 52 valence electrons. The van der Waals surface area contributed by atoms with Gasteiger partial charge in [-0.25, -0.2) is 16.4 Å². The largest absolute Gasteiger partial charge is 0.479 e.